The van der Waals surface area contributed by atoms with Crippen LogP contribution in [0.1, 0.15) is 32.6 Å². The van der Waals surface area contributed by atoms with Crippen molar-refractivity contribution in [3.05, 3.63) is 0 Å². The molecule has 0 atom stereocenters. The van der Waals surface area contributed by atoms with Gasteiger partial charge in [0.05, 0.1) is 12.0 Å². The normalized spacial score (nSPS) is 17.6. The van der Waals surface area contributed by atoms with Crippen molar-refractivity contribution < 1.29 is 4.79 Å². The van der Waals surface area contributed by atoms with Crippen LogP contribution >= 0.6 is 11.8 Å². The van der Waals surface area contributed by atoms with E-state index in [1.54, 1.807) is 4.90 Å². The Morgan fingerprint density at radius 1 is 1.29 bits per heavy atom. The summed E-state index contributed by atoms with van der Waals surface area (Å²) in [5, 5.41) is 6.58. The third-order valence-corrected chi connectivity index (χ3v) is 4.52. The fraction of sp³-hybridized carbons (Fsp3) is 0.867. The number of hydrogen-bond donors (Lipinski definition) is 2. The van der Waals surface area contributed by atoms with Crippen molar-refractivity contribution in [1.82, 2.24) is 15.5 Å². The highest BCUT2D eigenvalue weighted by Crippen LogP contribution is 2.39. The monoisotopic (exact) mass is 314 g/mol. The van der Waals surface area contributed by atoms with E-state index in [4.69, 9.17) is 0 Å². The van der Waals surface area contributed by atoms with Crippen LogP contribution < -0.4 is 10.6 Å². The smallest absolute Gasteiger partial charge is 0.230 e. The zero-order valence-corrected chi connectivity index (χ0v) is 14.7. The molecule has 2 N–H and O–H groups in total. The Bertz CT molecular complexity index is 352. The van der Waals surface area contributed by atoms with E-state index in [1.807, 2.05) is 25.9 Å². The second-order valence-corrected chi connectivity index (χ2v) is 6.79. The van der Waals surface area contributed by atoms with Gasteiger partial charge in [-0.2, -0.15) is 11.8 Å². The van der Waals surface area contributed by atoms with Gasteiger partial charge in [0.15, 0.2) is 5.96 Å². The maximum absolute atomic E-state index is 12.5. The molecule has 1 aliphatic carbocycles. The number of thioether (sulfide) groups is 1. The molecule has 0 saturated heterocycles. The summed E-state index contributed by atoms with van der Waals surface area (Å²) in [4.78, 5) is 18.9. The topological polar surface area (TPSA) is 56.7 Å². The van der Waals surface area contributed by atoms with Crippen LogP contribution in [0, 0.1) is 5.41 Å². The van der Waals surface area contributed by atoms with E-state index in [0.717, 1.165) is 50.5 Å². The van der Waals surface area contributed by atoms with Crippen molar-refractivity contribution in [2.24, 2.45) is 10.4 Å². The molecule has 0 spiro atoms. The largest absolute Gasteiger partial charge is 0.357 e. The molecule has 0 bridgehead atoms. The van der Waals surface area contributed by atoms with Crippen LogP contribution in [0.4, 0.5) is 0 Å². The molecule has 0 aliphatic heterocycles. The SMILES string of the molecule is CCNC(=NCC1(C(=O)N(C)C)CCCC1)NCCSC. The summed E-state index contributed by atoms with van der Waals surface area (Å²) in [7, 11) is 3.68. The lowest BCUT2D eigenvalue weighted by atomic mass is 9.85. The minimum Gasteiger partial charge on any atom is -0.357 e. The molecule has 0 radical (unpaired) electrons. The molecule has 1 fully saturated rings. The highest BCUT2D eigenvalue weighted by molar-refractivity contribution is 7.98. The van der Waals surface area contributed by atoms with Crippen LogP contribution in [0.25, 0.3) is 0 Å². The van der Waals surface area contributed by atoms with Gasteiger partial charge in [-0.1, -0.05) is 12.8 Å². The van der Waals surface area contributed by atoms with Gasteiger partial charge < -0.3 is 15.5 Å². The highest BCUT2D eigenvalue weighted by atomic mass is 32.2. The van der Waals surface area contributed by atoms with E-state index < -0.39 is 0 Å². The molecule has 1 rings (SSSR count). The third-order valence-electron chi connectivity index (χ3n) is 3.90. The van der Waals surface area contributed by atoms with Crippen molar-refractivity contribution >= 4 is 23.6 Å². The molecule has 122 valence electrons. The Kier molecular flexibility index (Phi) is 7.93. The number of rotatable bonds is 7. The molecule has 0 unspecified atom stereocenters. The molecule has 1 aliphatic rings. The molecule has 0 aromatic heterocycles. The average molecular weight is 314 g/mol. The summed E-state index contributed by atoms with van der Waals surface area (Å²) in [5.74, 6) is 2.10. The lowest BCUT2D eigenvalue weighted by Gasteiger charge is -2.29. The van der Waals surface area contributed by atoms with Crippen LogP contribution in [0.5, 0.6) is 0 Å². The van der Waals surface area contributed by atoms with Crippen LogP contribution in [0.15, 0.2) is 4.99 Å². The van der Waals surface area contributed by atoms with Gasteiger partial charge in [-0.3, -0.25) is 9.79 Å². The fourth-order valence-electron chi connectivity index (χ4n) is 2.81. The number of hydrogen-bond acceptors (Lipinski definition) is 3. The Hall–Kier alpha value is -0.910. The van der Waals surface area contributed by atoms with E-state index >= 15 is 0 Å². The Morgan fingerprint density at radius 3 is 2.48 bits per heavy atom. The van der Waals surface area contributed by atoms with Gasteiger partial charge in [-0.05, 0) is 26.0 Å². The van der Waals surface area contributed by atoms with E-state index in [1.165, 1.54) is 0 Å². The molecule has 1 amide bonds. The summed E-state index contributed by atoms with van der Waals surface area (Å²) >= 11 is 1.81. The standard InChI is InChI=1S/C15H30N4OS/c1-5-16-14(17-10-11-21-4)18-12-15(8-6-7-9-15)13(20)19(2)3/h5-12H2,1-4H3,(H2,16,17,18). The Balaban J connectivity index is 2.71. The van der Waals surface area contributed by atoms with Crippen LogP contribution in [0.3, 0.4) is 0 Å². The number of nitrogens with one attached hydrogen (secondary N) is 2. The van der Waals surface area contributed by atoms with Crippen LogP contribution in [-0.2, 0) is 4.79 Å². The first-order valence-corrected chi connectivity index (χ1v) is 9.18. The second-order valence-electron chi connectivity index (χ2n) is 5.80. The maximum Gasteiger partial charge on any atom is 0.230 e. The number of aliphatic imine (C=N–C) groups is 1. The van der Waals surface area contributed by atoms with E-state index in [9.17, 15) is 4.79 Å². The number of guanidine groups is 1. The predicted molar refractivity (Wildman–Crippen MR) is 92.0 cm³/mol. The van der Waals surface area contributed by atoms with Gasteiger partial charge in [0, 0.05) is 32.9 Å². The van der Waals surface area contributed by atoms with Gasteiger partial charge in [0.25, 0.3) is 0 Å². The van der Waals surface area contributed by atoms with Gasteiger partial charge in [-0.15, -0.1) is 0 Å². The third kappa shape index (κ3) is 5.41. The van der Waals surface area contributed by atoms with Gasteiger partial charge in [-0.25, -0.2) is 0 Å². The highest BCUT2D eigenvalue weighted by Gasteiger charge is 2.41. The first-order valence-electron chi connectivity index (χ1n) is 7.78. The van der Waals surface area contributed by atoms with Crippen molar-refractivity contribution in [1.29, 1.82) is 0 Å². The van der Waals surface area contributed by atoms with Crippen LogP contribution in [0.2, 0.25) is 0 Å². The number of amides is 1. The molecule has 0 heterocycles. The number of carbonyl (C=O) groups is 1. The fourth-order valence-corrected chi connectivity index (χ4v) is 3.12. The first kappa shape index (κ1) is 18.1. The summed E-state index contributed by atoms with van der Waals surface area (Å²) < 4.78 is 0. The number of nitrogens with zero attached hydrogens (tertiary/aromatic N) is 2. The summed E-state index contributed by atoms with van der Waals surface area (Å²) in [5.41, 5.74) is -0.286. The van der Waals surface area contributed by atoms with E-state index in [-0.39, 0.29) is 11.3 Å². The lowest BCUT2D eigenvalue weighted by Crippen LogP contribution is -2.43. The zero-order chi connectivity index (χ0) is 15.7. The van der Waals surface area contributed by atoms with Crippen molar-refractivity contribution in [2.75, 3.05) is 45.7 Å². The molecule has 0 aromatic carbocycles. The zero-order valence-electron chi connectivity index (χ0n) is 13.9. The quantitative estimate of drug-likeness (QED) is 0.425. The average Bonchev–Trinajstić information content (AvgIpc) is 2.94. The minimum absolute atomic E-state index is 0.226. The first-order chi connectivity index (χ1) is 10.1. The lowest BCUT2D eigenvalue weighted by molar-refractivity contribution is -0.138. The summed E-state index contributed by atoms with van der Waals surface area (Å²) in [6.45, 7) is 4.36. The van der Waals surface area contributed by atoms with Crippen molar-refractivity contribution in [3.8, 4) is 0 Å². The van der Waals surface area contributed by atoms with Gasteiger partial charge in [0.1, 0.15) is 0 Å². The molecule has 1 saturated carbocycles. The van der Waals surface area contributed by atoms with E-state index in [0.29, 0.717) is 6.54 Å². The van der Waals surface area contributed by atoms with Crippen molar-refractivity contribution in [3.63, 3.8) is 0 Å². The molecule has 0 aromatic rings. The molecular formula is C15H30N4OS. The van der Waals surface area contributed by atoms with Gasteiger partial charge >= 0.3 is 0 Å². The summed E-state index contributed by atoms with van der Waals surface area (Å²) in [6.07, 6.45) is 6.27. The molecule has 21 heavy (non-hydrogen) atoms. The molecule has 6 heteroatoms. The summed E-state index contributed by atoms with van der Waals surface area (Å²) in [6, 6.07) is 0. The van der Waals surface area contributed by atoms with Crippen molar-refractivity contribution in [2.45, 2.75) is 32.6 Å². The second kappa shape index (κ2) is 9.18. The number of carbonyl (C=O) groups excluding carboxylic acids is 1. The Labute approximate surface area is 133 Å². The van der Waals surface area contributed by atoms with Crippen LogP contribution in [-0.4, -0.2) is 62.5 Å². The van der Waals surface area contributed by atoms with E-state index in [2.05, 4.69) is 28.8 Å². The predicted octanol–water partition coefficient (Wildman–Crippen LogP) is 1.55. The molecular weight excluding hydrogens is 284 g/mol. The maximum atomic E-state index is 12.5. The Morgan fingerprint density at radius 2 is 1.95 bits per heavy atom. The van der Waals surface area contributed by atoms with Gasteiger partial charge in [0.2, 0.25) is 5.91 Å². The minimum atomic E-state index is -0.286. The molecule has 5 nitrogen and oxygen atoms in total.